The van der Waals surface area contributed by atoms with Crippen LogP contribution in [0.2, 0.25) is 0 Å². The maximum absolute atomic E-state index is 13.8. The lowest BCUT2D eigenvalue weighted by molar-refractivity contribution is 0.0842. The molecule has 1 saturated heterocycles. The summed E-state index contributed by atoms with van der Waals surface area (Å²) in [6, 6.07) is 14.6. The van der Waals surface area contributed by atoms with Gasteiger partial charge in [0.05, 0.1) is 14.2 Å². The molecule has 4 rings (SSSR count). The van der Waals surface area contributed by atoms with Gasteiger partial charge in [0.25, 0.3) is 0 Å². The lowest BCUT2D eigenvalue weighted by Crippen LogP contribution is -2.24. The molecule has 0 spiro atoms. The quantitative estimate of drug-likeness (QED) is 0.494. The second-order valence-electron chi connectivity index (χ2n) is 7.46. The van der Waals surface area contributed by atoms with Crippen LogP contribution in [0.5, 0.6) is 11.5 Å². The molecule has 1 fully saturated rings. The van der Waals surface area contributed by atoms with Crippen molar-refractivity contribution in [1.29, 1.82) is 0 Å². The Morgan fingerprint density at radius 2 is 1.77 bits per heavy atom. The van der Waals surface area contributed by atoms with Crippen molar-refractivity contribution in [2.24, 2.45) is 0 Å². The van der Waals surface area contributed by atoms with E-state index in [1.807, 2.05) is 47.8 Å². The molecule has 1 unspecified atom stereocenters. The highest BCUT2D eigenvalue weighted by Crippen LogP contribution is 2.34. The molecule has 1 aromatic heterocycles. The van der Waals surface area contributed by atoms with E-state index in [0.717, 1.165) is 42.9 Å². The first-order valence-corrected chi connectivity index (χ1v) is 11.1. The average molecular weight is 439 g/mol. The van der Waals surface area contributed by atoms with Crippen LogP contribution in [0.1, 0.15) is 46.4 Å². The van der Waals surface area contributed by atoms with Crippen molar-refractivity contribution in [2.75, 3.05) is 32.8 Å². The molecule has 1 N–H and O–H groups in total. The van der Waals surface area contributed by atoms with Crippen LogP contribution >= 0.6 is 11.5 Å². The number of rotatable bonds is 8. The number of nitrogens with one attached hydrogen (secondary N) is 1. The SMILES string of the molecule is COc1cc(NC(C(=O)c2nscc2C2CCOCC2)c2ccccc2)cc(OC)c1. The molecule has 0 amide bonds. The fraction of sp³-hybridized carbons (Fsp3) is 0.333. The van der Waals surface area contributed by atoms with Gasteiger partial charge in [-0.25, -0.2) is 0 Å². The Labute approximate surface area is 186 Å². The molecule has 31 heavy (non-hydrogen) atoms. The van der Waals surface area contributed by atoms with Crippen LogP contribution in [0.4, 0.5) is 5.69 Å². The van der Waals surface area contributed by atoms with Gasteiger partial charge in [-0.2, -0.15) is 4.37 Å². The van der Waals surface area contributed by atoms with E-state index in [9.17, 15) is 4.79 Å². The molecule has 1 aliphatic rings. The largest absolute Gasteiger partial charge is 0.497 e. The maximum atomic E-state index is 13.8. The first-order chi connectivity index (χ1) is 15.2. The Kier molecular flexibility index (Phi) is 6.84. The number of carbonyl (C=O) groups is 1. The van der Waals surface area contributed by atoms with Gasteiger partial charge in [-0.15, -0.1) is 0 Å². The van der Waals surface area contributed by atoms with Crippen molar-refractivity contribution >= 4 is 23.0 Å². The summed E-state index contributed by atoms with van der Waals surface area (Å²) in [6.07, 6.45) is 1.82. The van der Waals surface area contributed by atoms with Crippen molar-refractivity contribution in [2.45, 2.75) is 24.8 Å². The summed E-state index contributed by atoms with van der Waals surface area (Å²) in [6.45, 7) is 1.44. The van der Waals surface area contributed by atoms with Gasteiger partial charge in [-0.05, 0) is 41.4 Å². The van der Waals surface area contributed by atoms with Gasteiger partial charge < -0.3 is 19.5 Å². The van der Waals surface area contributed by atoms with Gasteiger partial charge in [0.1, 0.15) is 23.2 Å². The molecule has 6 nitrogen and oxygen atoms in total. The number of ketones is 1. The molecular weight excluding hydrogens is 412 g/mol. The van der Waals surface area contributed by atoms with Crippen molar-refractivity contribution in [3.8, 4) is 11.5 Å². The standard InChI is InChI=1S/C24H26N2O4S/c1-28-19-12-18(13-20(14-19)29-2)25-22(17-6-4-3-5-7-17)24(27)23-21(15-31-26-23)16-8-10-30-11-9-16/h3-7,12-16,22,25H,8-11H2,1-2H3. The molecule has 2 heterocycles. The zero-order valence-corrected chi connectivity index (χ0v) is 18.5. The van der Waals surface area contributed by atoms with Gasteiger partial charge in [-0.3, -0.25) is 4.79 Å². The number of anilines is 1. The van der Waals surface area contributed by atoms with Gasteiger partial charge in [0.15, 0.2) is 0 Å². The maximum Gasteiger partial charge on any atom is 0.209 e. The van der Waals surface area contributed by atoms with Crippen LogP contribution in [0, 0.1) is 0 Å². The molecule has 1 atom stereocenters. The number of ether oxygens (including phenoxy) is 3. The predicted octanol–water partition coefficient (Wildman–Crippen LogP) is 5.09. The molecule has 0 bridgehead atoms. The van der Waals surface area contributed by atoms with E-state index in [2.05, 4.69) is 9.69 Å². The highest BCUT2D eigenvalue weighted by atomic mass is 32.1. The van der Waals surface area contributed by atoms with Crippen LogP contribution in [-0.2, 0) is 4.74 Å². The highest BCUT2D eigenvalue weighted by molar-refractivity contribution is 7.03. The summed E-state index contributed by atoms with van der Waals surface area (Å²) < 4.78 is 20.8. The van der Waals surface area contributed by atoms with Crippen LogP contribution in [0.15, 0.2) is 53.9 Å². The predicted molar refractivity (Wildman–Crippen MR) is 122 cm³/mol. The Morgan fingerprint density at radius 3 is 2.42 bits per heavy atom. The zero-order chi connectivity index (χ0) is 21.6. The monoisotopic (exact) mass is 438 g/mol. The smallest absolute Gasteiger partial charge is 0.209 e. The number of aromatic nitrogens is 1. The number of Topliss-reactive ketones (excluding diaryl/α,β-unsaturated/α-hetero) is 1. The average Bonchev–Trinajstić information content (AvgIpc) is 3.33. The molecule has 0 saturated carbocycles. The van der Waals surface area contributed by atoms with E-state index in [0.29, 0.717) is 23.1 Å². The molecule has 1 aliphatic heterocycles. The van der Waals surface area contributed by atoms with E-state index in [1.165, 1.54) is 11.5 Å². The van der Waals surface area contributed by atoms with E-state index in [4.69, 9.17) is 14.2 Å². The first-order valence-electron chi connectivity index (χ1n) is 10.3. The topological polar surface area (TPSA) is 69.7 Å². The Morgan fingerprint density at radius 1 is 1.10 bits per heavy atom. The summed E-state index contributed by atoms with van der Waals surface area (Å²) in [4.78, 5) is 13.8. The van der Waals surface area contributed by atoms with E-state index >= 15 is 0 Å². The normalized spacial score (nSPS) is 15.3. The third-order valence-corrected chi connectivity index (χ3v) is 6.20. The molecule has 3 aromatic rings. The second kappa shape index (κ2) is 9.94. The Balaban J connectivity index is 1.69. The minimum absolute atomic E-state index is 0.0456. The third kappa shape index (κ3) is 4.89. The molecule has 2 aromatic carbocycles. The van der Waals surface area contributed by atoms with Gasteiger partial charge in [0, 0.05) is 42.5 Å². The van der Waals surface area contributed by atoms with Crippen LogP contribution in [0.25, 0.3) is 0 Å². The summed E-state index contributed by atoms with van der Waals surface area (Å²) in [5.41, 5.74) is 3.19. The van der Waals surface area contributed by atoms with Crippen molar-refractivity contribution in [1.82, 2.24) is 4.37 Å². The van der Waals surface area contributed by atoms with Crippen molar-refractivity contribution in [3.05, 3.63) is 70.7 Å². The molecule has 0 radical (unpaired) electrons. The van der Waals surface area contributed by atoms with Gasteiger partial charge in [0.2, 0.25) is 5.78 Å². The third-order valence-electron chi connectivity index (χ3n) is 5.55. The van der Waals surface area contributed by atoms with E-state index in [-0.39, 0.29) is 5.78 Å². The van der Waals surface area contributed by atoms with Crippen molar-refractivity contribution in [3.63, 3.8) is 0 Å². The lowest BCUT2D eigenvalue weighted by Gasteiger charge is -2.24. The fourth-order valence-corrected chi connectivity index (χ4v) is 4.64. The van der Waals surface area contributed by atoms with Crippen LogP contribution < -0.4 is 14.8 Å². The number of hydrogen-bond acceptors (Lipinski definition) is 7. The van der Waals surface area contributed by atoms with Crippen LogP contribution in [0.3, 0.4) is 0 Å². The summed E-state index contributed by atoms with van der Waals surface area (Å²) in [5.74, 6) is 1.56. The summed E-state index contributed by atoms with van der Waals surface area (Å²) in [5, 5.41) is 5.41. The highest BCUT2D eigenvalue weighted by Gasteiger charge is 2.30. The van der Waals surface area contributed by atoms with Crippen molar-refractivity contribution < 1.29 is 19.0 Å². The number of nitrogens with zero attached hydrogens (tertiary/aromatic N) is 1. The van der Waals surface area contributed by atoms with E-state index < -0.39 is 6.04 Å². The van der Waals surface area contributed by atoms with E-state index in [1.54, 1.807) is 20.3 Å². The lowest BCUT2D eigenvalue weighted by atomic mass is 9.89. The van der Waals surface area contributed by atoms with Crippen LogP contribution in [-0.4, -0.2) is 37.6 Å². The number of methoxy groups -OCH3 is 2. The Bertz CT molecular complexity index is 993. The molecular formula is C24H26N2O4S. The molecule has 162 valence electrons. The minimum Gasteiger partial charge on any atom is -0.497 e. The summed E-state index contributed by atoms with van der Waals surface area (Å²) >= 11 is 1.34. The number of benzene rings is 2. The number of carbonyl (C=O) groups excluding carboxylic acids is 1. The number of hydrogen-bond donors (Lipinski definition) is 1. The Hall–Kier alpha value is -2.90. The van der Waals surface area contributed by atoms with Gasteiger partial charge >= 0.3 is 0 Å². The zero-order valence-electron chi connectivity index (χ0n) is 17.7. The molecule has 0 aliphatic carbocycles. The first kappa shape index (κ1) is 21.3. The summed E-state index contributed by atoms with van der Waals surface area (Å²) in [7, 11) is 3.21. The molecule has 7 heteroatoms. The fourth-order valence-electron chi connectivity index (χ4n) is 3.87. The van der Waals surface area contributed by atoms with Gasteiger partial charge in [-0.1, -0.05) is 30.3 Å². The minimum atomic E-state index is -0.585. The second-order valence-corrected chi connectivity index (χ2v) is 8.09.